The minimum absolute atomic E-state index is 0.0109. The predicted octanol–water partition coefficient (Wildman–Crippen LogP) is 2.24. The third kappa shape index (κ3) is 4.16. The fourth-order valence-electron chi connectivity index (χ4n) is 4.10. The maximum atomic E-state index is 12.5. The number of likely N-dealkylation sites (tertiary alicyclic amines) is 1. The van der Waals surface area contributed by atoms with E-state index in [-0.39, 0.29) is 23.6 Å². The molecule has 6 heteroatoms. The second-order valence-corrected chi connectivity index (χ2v) is 7.57. The van der Waals surface area contributed by atoms with Crippen LogP contribution in [0, 0.1) is 5.92 Å². The molecule has 2 aromatic rings. The molecule has 1 fully saturated rings. The van der Waals surface area contributed by atoms with Crippen LogP contribution < -0.4 is 10.2 Å². The zero-order chi connectivity index (χ0) is 20.2. The van der Waals surface area contributed by atoms with E-state index in [1.807, 2.05) is 59.5 Å². The molecule has 0 bridgehead atoms. The summed E-state index contributed by atoms with van der Waals surface area (Å²) in [5.41, 5.74) is 2.67. The van der Waals surface area contributed by atoms with Gasteiger partial charge in [-0.25, -0.2) is 0 Å². The molecule has 0 aliphatic carbocycles. The first-order valence-corrected chi connectivity index (χ1v) is 10.1. The van der Waals surface area contributed by atoms with Gasteiger partial charge in [0.15, 0.2) is 0 Å². The van der Waals surface area contributed by atoms with Crippen molar-refractivity contribution >= 4 is 23.4 Å². The average molecular weight is 391 g/mol. The van der Waals surface area contributed by atoms with E-state index >= 15 is 0 Å². The summed E-state index contributed by atoms with van der Waals surface area (Å²) >= 11 is 0. The SMILES string of the molecule is O=C(NCCN1C(=O)Cc2ccccc21)C1CCN(C(=O)c2ccccc2)CC1. The summed E-state index contributed by atoms with van der Waals surface area (Å²) in [6.45, 7) is 2.09. The summed E-state index contributed by atoms with van der Waals surface area (Å²) in [5, 5.41) is 2.97. The van der Waals surface area contributed by atoms with Gasteiger partial charge in [0.1, 0.15) is 0 Å². The maximum Gasteiger partial charge on any atom is 0.253 e. The van der Waals surface area contributed by atoms with Gasteiger partial charge in [-0.15, -0.1) is 0 Å². The lowest BCUT2D eigenvalue weighted by atomic mass is 9.95. The normalized spacial score (nSPS) is 16.6. The van der Waals surface area contributed by atoms with E-state index in [4.69, 9.17) is 0 Å². The number of hydrogen-bond donors (Lipinski definition) is 1. The molecule has 1 saturated heterocycles. The molecule has 1 N–H and O–H groups in total. The van der Waals surface area contributed by atoms with E-state index in [1.165, 1.54) is 0 Å². The molecule has 0 radical (unpaired) electrons. The Kier molecular flexibility index (Phi) is 5.60. The second kappa shape index (κ2) is 8.47. The lowest BCUT2D eigenvalue weighted by molar-refractivity contribution is -0.126. The zero-order valence-electron chi connectivity index (χ0n) is 16.3. The van der Waals surface area contributed by atoms with E-state index in [0.29, 0.717) is 51.0 Å². The largest absolute Gasteiger partial charge is 0.354 e. The van der Waals surface area contributed by atoms with Crippen LogP contribution in [0.3, 0.4) is 0 Å². The van der Waals surface area contributed by atoms with Crippen LogP contribution in [-0.2, 0) is 16.0 Å². The van der Waals surface area contributed by atoms with Gasteiger partial charge in [-0.2, -0.15) is 0 Å². The van der Waals surface area contributed by atoms with Crippen molar-refractivity contribution in [3.8, 4) is 0 Å². The molecule has 150 valence electrons. The van der Waals surface area contributed by atoms with Gasteiger partial charge in [0.2, 0.25) is 11.8 Å². The van der Waals surface area contributed by atoms with E-state index < -0.39 is 0 Å². The van der Waals surface area contributed by atoms with Gasteiger partial charge >= 0.3 is 0 Å². The van der Waals surface area contributed by atoms with Gasteiger partial charge in [0, 0.05) is 43.3 Å². The Balaban J connectivity index is 1.24. The van der Waals surface area contributed by atoms with Crippen molar-refractivity contribution in [2.45, 2.75) is 19.3 Å². The highest BCUT2D eigenvalue weighted by Crippen LogP contribution is 2.27. The first-order chi connectivity index (χ1) is 14.1. The number of fused-ring (bicyclic) bond motifs is 1. The van der Waals surface area contributed by atoms with E-state index in [9.17, 15) is 14.4 Å². The molecule has 6 nitrogen and oxygen atoms in total. The topological polar surface area (TPSA) is 69.7 Å². The number of nitrogens with one attached hydrogen (secondary N) is 1. The minimum Gasteiger partial charge on any atom is -0.354 e. The van der Waals surface area contributed by atoms with Gasteiger partial charge < -0.3 is 15.1 Å². The monoisotopic (exact) mass is 391 g/mol. The van der Waals surface area contributed by atoms with E-state index in [2.05, 4.69) is 5.32 Å². The number of amides is 3. The van der Waals surface area contributed by atoms with Crippen molar-refractivity contribution in [3.63, 3.8) is 0 Å². The number of benzene rings is 2. The number of piperidine rings is 1. The number of anilines is 1. The number of carbonyl (C=O) groups is 3. The number of para-hydroxylation sites is 1. The first-order valence-electron chi connectivity index (χ1n) is 10.1. The third-order valence-electron chi connectivity index (χ3n) is 5.73. The summed E-state index contributed by atoms with van der Waals surface area (Å²) in [4.78, 5) is 40.8. The van der Waals surface area contributed by atoms with Crippen LogP contribution in [0.15, 0.2) is 54.6 Å². The number of nitrogens with zero attached hydrogens (tertiary/aromatic N) is 2. The molecule has 4 rings (SSSR count). The van der Waals surface area contributed by atoms with Gasteiger partial charge in [-0.05, 0) is 36.6 Å². The Bertz CT molecular complexity index is 905. The van der Waals surface area contributed by atoms with Gasteiger partial charge in [0.25, 0.3) is 5.91 Å². The Labute approximate surface area is 170 Å². The van der Waals surface area contributed by atoms with E-state index in [0.717, 1.165) is 11.3 Å². The maximum absolute atomic E-state index is 12.5. The summed E-state index contributed by atoms with van der Waals surface area (Å²) in [7, 11) is 0. The lowest BCUT2D eigenvalue weighted by Gasteiger charge is -2.31. The molecule has 0 spiro atoms. The quantitative estimate of drug-likeness (QED) is 0.850. The molecule has 0 atom stereocenters. The fraction of sp³-hybridized carbons (Fsp3) is 0.348. The molecule has 0 aromatic heterocycles. The van der Waals surface area contributed by atoms with Crippen LogP contribution in [0.5, 0.6) is 0 Å². The molecule has 0 unspecified atom stereocenters. The smallest absolute Gasteiger partial charge is 0.253 e. The van der Waals surface area contributed by atoms with Gasteiger partial charge in [-0.3, -0.25) is 14.4 Å². The van der Waals surface area contributed by atoms with Gasteiger partial charge in [0.05, 0.1) is 6.42 Å². The van der Waals surface area contributed by atoms with Crippen molar-refractivity contribution in [1.29, 1.82) is 0 Å². The number of rotatable bonds is 5. The highest BCUT2D eigenvalue weighted by Gasteiger charge is 2.29. The molecule has 0 saturated carbocycles. The summed E-state index contributed by atoms with van der Waals surface area (Å²) in [5.74, 6) is 0.0250. The molecule has 2 aromatic carbocycles. The fourth-order valence-corrected chi connectivity index (χ4v) is 4.10. The Hall–Kier alpha value is -3.15. The van der Waals surface area contributed by atoms with E-state index in [1.54, 1.807) is 4.90 Å². The van der Waals surface area contributed by atoms with Crippen LogP contribution in [0.25, 0.3) is 0 Å². The van der Waals surface area contributed by atoms with Crippen LogP contribution in [-0.4, -0.2) is 48.8 Å². The molecule has 2 heterocycles. The number of carbonyl (C=O) groups excluding carboxylic acids is 3. The van der Waals surface area contributed by atoms with Crippen molar-refractivity contribution in [2.75, 3.05) is 31.1 Å². The molecule has 3 amide bonds. The third-order valence-corrected chi connectivity index (χ3v) is 5.73. The minimum atomic E-state index is -0.0867. The Morgan fingerprint density at radius 2 is 1.66 bits per heavy atom. The van der Waals surface area contributed by atoms with Crippen LogP contribution in [0.4, 0.5) is 5.69 Å². The van der Waals surface area contributed by atoms with Crippen molar-refractivity contribution in [3.05, 3.63) is 65.7 Å². The first kappa shape index (κ1) is 19.2. The summed E-state index contributed by atoms with van der Waals surface area (Å²) in [6.07, 6.45) is 1.75. The molecule has 2 aliphatic heterocycles. The molecule has 2 aliphatic rings. The van der Waals surface area contributed by atoms with Gasteiger partial charge in [-0.1, -0.05) is 36.4 Å². The van der Waals surface area contributed by atoms with Crippen LogP contribution in [0.1, 0.15) is 28.8 Å². The Morgan fingerprint density at radius 3 is 2.41 bits per heavy atom. The highest BCUT2D eigenvalue weighted by molar-refractivity contribution is 6.01. The van der Waals surface area contributed by atoms with Crippen molar-refractivity contribution < 1.29 is 14.4 Å². The van der Waals surface area contributed by atoms with Crippen molar-refractivity contribution in [2.24, 2.45) is 5.92 Å². The second-order valence-electron chi connectivity index (χ2n) is 7.57. The van der Waals surface area contributed by atoms with Crippen LogP contribution >= 0.6 is 0 Å². The lowest BCUT2D eigenvalue weighted by Crippen LogP contribution is -2.44. The summed E-state index contributed by atoms with van der Waals surface area (Å²) < 4.78 is 0. The van der Waals surface area contributed by atoms with Crippen LogP contribution in [0.2, 0.25) is 0 Å². The predicted molar refractivity (Wildman–Crippen MR) is 111 cm³/mol. The molecular weight excluding hydrogens is 366 g/mol. The zero-order valence-corrected chi connectivity index (χ0v) is 16.3. The highest BCUT2D eigenvalue weighted by atomic mass is 16.2. The average Bonchev–Trinajstić information content (AvgIpc) is 3.09. The summed E-state index contributed by atoms with van der Waals surface area (Å²) in [6, 6.07) is 17.0. The Morgan fingerprint density at radius 1 is 0.966 bits per heavy atom. The standard InChI is InChI=1S/C23H25N3O3/c27-21-16-19-8-4-5-9-20(19)26(21)15-12-24-22(28)17-10-13-25(14-11-17)23(29)18-6-2-1-3-7-18/h1-9,17H,10-16H2,(H,24,28). The molecule has 29 heavy (non-hydrogen) atoms. The van der Waals surface area contributed by atoms with Crippen molar-refractivity contribution in [1.82, 2.24) is 10.2 Å². The molecular formula is C23H25N3O3. The number of hydrogen-bond acceptors (Lipinski definition) is 3.